The molecule has 0 aromatic carbocycles. The van der Waals surface area contributed by atoms with Crippen molar-refractivity contribution in [3.05, 3.63) is 0 Å². The van der Waals surface area contributed by atoms with E-state index in [2.05, 4.69) is 10.6 Å². The smallest absolute Gasteiger partial charge is 0.352 e. The van der Waals surface area contributed by atoms with Crippen molar-refractivity contribution in [2.24, 2.45) is 5.92 Å². The Hall–Kier alpha value is -0.780. The second kappa shape index (κ2) is 6.41. The number of rotatable bonds is 4. The number of halogens is 3. The Balaban J connectivity index is 2.38. The average molecular weight is 266 g/mol. The molecule has 0 radical (unpaired) electrons. The molecule has 0 spiro atoms. The fourth-order valence-corrected chi connectivity index (χ4v) is 2.24. The SMILES string of the molecule is CCC(CC)C(=O)NC1CCC(C(F)(F)F)NC1. The number of amides is 1. The van der Waals surface area contributed by atoms with Crippen LogP contribution in [0.25, 0.3) is 0 Å². The zero-order chi connectivity index (χ0) is 13.8. The van der Waals surface area contributed by atoms with Crippen molar-refractivity contribution < 1.29 is 18.0 Å². The lowest BCUT2D eigenvalue weighted by Gasteiger charge is -2.32. The number of carbonyl (C=O) groups is 1. The summed E-state index contributed by atoms with van der Waals surface area (Å²) in [4.78, 5) is 11.8. The highest BCUT2D eigenvalue weighted by molar-refractivity contribution is 5.78. The van der Waals surface area contributed by atoms with E-state index in [1.807, 2.05) is 13.8 Å². The molecule has 1 saturated heterocycles. The van der Waals surface area contributed by atoms with E-state index in [1.54, 1.807) is 0 Å². The minimum Gasteiger partial charge on any atom is -0.352 e. The summed E-state index contributed by atoms with van der Waals surface area (Å²) in [5.41, 5.74) is 0. The van der Waals surface area contributed by atoms with E-state index in [4.69, 9.17) is 0 Å². The van der Waals surface area contributed by atoms with E-state index in [0.29, 0.717) is 6.42 Å². The van der Waals surface area contributed by atoms with Gasteiger partial charge in [-0.05, 0) is 25.7 Å². The van der Waals surface area contributed by atoms with Crippen LogP contribution in [0, 0.1) is 5.92 Å². The first-order valence-electron chi connectivity index (χ1n) is 6.48. The van der Waals surface area contributed by atoms with Gasteiger partial charge in [-0.15, -0.1) is 0 Å². The van der Waals surface area contributed by atoms with Gasteiger partial charge in [-0.1, -0.05) is 13.8 Å². The van der Waals surface area contributed by atoms with E-state index in [-0.39, 0.29) is 30.8 Å². The van der Waals surface area contributed by atoms with Crippen LogP contribution in [0.2, 0.25) is 0 Å². The maximum atomic E-state index is 12.4. The lowest BCUT2D eigenvalue weighted by Crippen LogP contribution is -2.54. The van der Waals surface area contributed by atoms with E-state index < -0.39 is 12.2 Å². The van der Waals surface area contributed by atoms with Gasteiger partial charge in [0.05, 0.1) is 0 Å². The Morgan fingerprint density at radius 3 is 2.33 bits per heavy atom. The van der Waals surface area contributed by atoms with E-state index in [1.165, 1.54) is 0 Å². The van der Waals surface area contributed by atoms with Crippen molar-refractivity contribution in [3.8, 4) is 0 Å². The van der Waals surface area contributed by atoms with Crippen LogP contribution in [0.5, 0.6) is 0 Å². The molecule has 2 unspecified atom stereocenters. The highest BCUT2D eigenvalue weighted by Crippen LogP contribution is 2.26. The van der Waals surface area contributed by atoms with Gasteiger partial charge in [0.1, 0.15) is 6.04 Å². The van der Waals surface area contributed by atoms with Crippen LogP contribution < -0.4 is 10.6 Å². The minimum absolute atomic E-state index is 0.0252. The summed E-state index contributed by atoms with van der Waals surface area (Å²) < 4.78 is 37.3. The van der Waals surface area contributed by atoms with Gasteiger partial charge in [0.25, 0.3) is 0 Å². The number of hydrogen-bond donors (Lipinski definition) is 2. The van der Waals surface area contributed by atoms with Crippen LogP contribution in [0.15, 0.2) is 0 Å². The van der Waals surface area contributed by atoms with Gasteiger partial charge >= 0.3 is 6.18 Å². The first-order valence-corrected chi connectivity index (χ1v) is 6.48. The normalized spacial score (nSPS) is 25.2. The second-order valence-corrected chi connectivity index (χ2v) is 4.80. The summed E-state index contributed by atoms with van der Waals surface area (Å²) in [6, 6.07) is -1.62. The number of alkyl halides is 3. The molecule has 2 N–H and O–H groups in total. The highest BCUT2D eigenvalue weighted by Gasteiger charge is 2.41. The van der Waals surface area contributed by atoms with Gasteiger partial charge < -0.3 is 10.6 Å². The minimum atomic E-state index is -4.19. The fraction of sp³-hybridized carbons (Fsp3) is 0.917. The van der Waals surface area contributed by atoms with Crippen LogP contribution >= 0.6 is 0 Å². The predicted octanol–water partition coefficient (Wildman–Crippen LogP) is 2.22. The monoisotopic (exact) mass is 266 g/mol. The van der Waals surface area contributed by atoms with Gasteiger partial charge in [-0.25, -0.2) is 0 Å². The number of carbonyl (C=O) groups excluding carboxylic acids is 1. The third-order valence-electron chi connectivity index (χ3n) is 3.51. The lowest BCUT2D eigenvalue weighted by molar-refractivity contribution is -0.161. The van der Waals surface area contributed by atoms with Gasteiger partial charge in [0.15, 0.2) is 0 Å². The zero-order valence-electron chi connectivity index (χ0n) is 10.8. The van der Waals surface area contributed by atoms with E-state index in [0.717, 1.165) is 12.8 Å². The molecule has 18 heavy (non-hydrogen) atoms. The van der Waals surface area contributed by atoms with E-state index in [9.17, 15) is 18.0 Å². The van der Waals surface area contributed by atoms with Gasteiger partial charge in [-0.2, -0.15) is 13.2 Å². The topological polar surface area (TPSA) is 41.1 Å². The summed E-state index contributed by atoms with van der Waals surface area (Å²) in [5.74, 6) is -0.0809. The Kier molecular flexibility index (Phi) is 5.44. The Labute approximate surface area is 106 Å². The number of hydrogen-bond acceptors (Lipinski definition) is 2. The molecule has 0 aromatic rings. The fourth-order valence-electron chi connectivity index (χ4n) is 2.24. The molecule has 0 saturated carbocycles. The van der Waals surface area contributed by atoms with E-state index >= 15 is 0 Å². The first-order chi connectivity index (χ1) is 8.38. The summed E-state index contributed by atoms with van der Waals surface area (Å²) in [6.45, 7) is 4.06. The molecule has 1 heterocycles. The summed E-state index contributed by atoms with van der Waals surface area (Å²) in [5, 5.41) is 5.27. The number of nitrogens with one attached hydrogen (secondary N) is 2. The van der Waals surface area contributed by atoms with Gasteiger partial charge in [-0.3, -0.25) is 4.79 Å². The quantitative estimate of drug-likeness (QED) is 0.819. The Morgan fingerprint density at radius 1 is 1.33 bits per heavy atom. The van der Waals surface area contributed by atoms with Crippen LogP contribution in [0.4, 0.5) is 13.2 Å². The van der Waals surface area contributed by atoms with Crippen molar-refractivity contribution in [2.75, 3.05) is 6.54 Å². The molecule has 1 fully saturated rings. The summed E-state index contributed by atoms with van der Waals surface area (Å²) in [7, 11) is 0. The van der Waals surface area contributed by atoms with Crippen molar-refractivity contribution in [1.29, 1.82) is 0 Å². The molecule has 2 atom stereocenters. The molecule has 106 valence electrons. The van der Waals surface area contributed by atoms with Crippen LogP contribution in [0.3, 0.4) is 0 Å². The van der Waals surface area contributed by atoms with Gasteiger partial charge in [0, 0.05) is 18.5 Å². The third kappa shape index (κ3) is 4.15. The predicted molar refractivity (Wildman–Crippen MR) is 63.1 cm³/mol. The molecule has 0 aromatic heterocycles. The molecule has 3 nitrogen and oxygen atoms in total. The maximum Gasteiger partial charge on any atom is 0.403 e. The number of piperidine rings is 1. The standard InChI is InChI=1S/C12H21F3N2O/c1-3-8(4-2)11(18)17-9-5-6-10(16-7-9)12(13,14)15/h8-10,16H,3-7H2,1-2H3,(H,17,18). The van der Waals surface area contributed by atoms with Crippen LogP contribution in [-0.2, 0) is 4.79 Å². The molecule has 1 amide bonds. The Morgan fingerprint density at radius 2 is 1.94 bits per heavy atom. The van der Waals surface area contributed by atoms with Gasteiger partial charge in [0.2, 0.25) is 5.91 Å². The average Bonchev–Trinajstić information content (AvgIpc) is 2.30. The first kappa shape index (κ1) is 15.3. The highest BCUT2D eigenvalue weighted by atomic mass is 19.4. The van der Waals surface area contributed by atoms with Crippen LogP contribution in [0.1, 0.15) is 39.5 Å². The van der Waals surface area contributed by atoms with Crippen molar-refractivity contribution in [3.63, 3.8) is 0 Å². The van der Waals surface area contributed by atoms with Crippen molar-refractivity contribution in [2.45, 2.75) is 57.8 Å². The molecule has 6 heteroatoms. The van der Waals surface area contributed by atoms with Crippen molar-refractivity contribution >= 4 is 5.91 Å². The molecule has 1 aliphatic rings. The molecular weight excluding hydrogens is 245 g/mol. The maximum absolute atomic E-state index is 12.4. The van der Waals surface area contributed by atoms with Crippen LogP contribution in [-0.4, -0.2) is 30.7 Å². The molecule has 0 aliphatic carbocycles. The lowest BCUT2D eigenvalue weighted by atomic mass is 9.98. The summed E-state index contributed by atoms with van der Waals surface area (Å²) in [6.07, 6.45) is -2.27. The molecular formula is C12H21F3N2O. The summed E-state index contributed by atoms with van der Waals surface area (Å²) >= 11 is 0. The molecule has 1 rings (SSSR count). The zero-order valence-corrected chi connectivity index (χ0v) is 10.8. The largest absolute Gasteiger partial charge is 0.403 e. The second-order valence-electron chi connectivity index (χ2n) is 4.80. The molecule has 1 aliphatic heterocycles. The Bertz CT molecular complexity index is 269. The third-order valence-corrected chi connectivity index (χ3v) is 3.51. The molecule has 0 bridgehead atoms. The van der Waals surface area contributed by atoms with Crippen molar-refractivity contribution in [1.82, 2.24) is 10.6 Å².